The van der Waals surface area contributed by atoms with Crippen LogP contribution in [-0.2, 0) is 11.2 Å². The normalized spacial score (nSPS) is 23.6. The molecule has 0 unspecified atom stereocenters. The minimum Gasteiger partial charge on any atom is -0.378 e. The molecule has 25 heavy (non-hydrogen) atoms. The van der Waals surface area contributed by atoms with E-state index in [9.17, 15) is 4.79 Å². The number of pyridine rings is 1. The molecule has 0 spiro atoms. The summed E-state index contributed by atoms with van der Waals surface area (Å²) in [6.07, 6.45) is 9.52. The lowest BCUT2D eigenvalue weighted by molar-refractivity contribution is -0.00913. The quantitative estimate of drug-likeness (QED) is 0.877. The third-order valence-corrected chi connectivity index (χ3v) is 5.19. The average molecular weight is 342 g/mol. The van der Waals surface area contributed by atoms with Crippen molar-refractivity contribution in [1.82, 2.24) is 20.0 Å². The predicted octanol–water partition coefficient (Wildman–Crippen LogP) is 2.44. The zero-order valence-corrected chi connectivity index (χ0v) is 14.7. The van der Waals surface area contributed by atoms with Gasteiger partial charge in [-0.2, -0.15) is 0 Å². The predicted molar refractivity (Wildman–Crippen MR) is 95.7 cm³/mol. The van der Waals surface area contributed by atoms with Gasteiger partial charge in [0.15, 0.2) is 0 Å². The van der Waals surface area contributed by atoms with Crippen molar-refractivity contribution in [3.05, 3.63) is 35.8 Å². The molecule has 2 fully saturated rings. The lowest BCUT2D eigenvalue weighted by Crippen LogP contribution is -2.47. The smallest absolute Gasteiger partial charge is 0.315 e. The van der Waals surface area contributed by atoms with Gasteiger partial charge >= 0.3 is 6.03 Å². The second kappa shape index (κ2) is 7.04. The molecule has 0 aromatic carbocycles. The Labute approximate surface area is 148 Å². The largest absolute Gasteiger partial charge is 0.378 e. The number of hydrogen-bond donors (Lipinski definition) is 2. The second-order valence-corrected chi connectivity index (χ2v) is 7.27. The van der Waals surface area contributed by atoms with Gasteiger partial charge in [-0.3, -0.25) is 0 Å². The minimum atomic E-state index is -0.0820. The number of fused-ring (bicyclic) bond motifs is 1. The number of carbonyl (C=O) groups excluding carboxylic acids is 1. The van der Waals surface area contributed by atoms with Crippen LogP contribution in [0.15, 0.2) is 24.5 Å². The van der Waals surface area contributed by atoms with Crippen molar-refractivity contribution in [2.24, 2.45) is 5.92 Å². The summed E-state index contributed by atoms with van der Waals surface area (Å²) in [6.45, 7) is 3.40. The molecule has 2 atom stereocenters. The topological polar surface area (TPSA) is 67.7 Å². The third-order valence-electron chi connectivity index (χ3n) is 5.19. The van der Waals surface area contributed by atoms with Gasteiger partial charge in [0.05, 0.1) is 11.8 Å². The molecule has 6 heteroatoms. The highest BCUT2D eigenvalue weighted by atomic mass is 16.5. The van der Waals surface area contributed by atoms with E-state index >= 15 is 0 Å². The van der Waals surface area contributed by atoms with E-state index in [2.05, 4.69) is 28.6 Å². The van der Waals surface area contributed by atoms with Gasteiger partial charge in [-0.25, -0.2) is 9.78 Å². The van der Waals surface area contributed by atoms with Crippen molar-refractivity contribution >= 4 is 11.7 Å². The summed E-state index contributed by atoms with van der Waals surface area (Å²) in [5.74, 6) is 0.728. The van der Waals surface area contributed by atoms with Gasteiger partial charge in [0.25, 0.3) is 0 Å². The van der Waals surface area contributed by atoms with Crippen LogP contribution in [0.2, 0.25) is 0 Å². The third kappa shape index (κ3) is 3.95. The van der Waals surface area contributed by atoms with Crippen LogP contribution in [0.3, 0.4) is 0 Å². The Morgan fingerprint density at radius 1 is 1.40 bits per heavy atom. The maximum Gasteiger partial charge on any atom is 0.315 e. The van der Waals surface area contributed by atoms with Gasteiger partial charge in [-0.15, -0.1) is 0 Å². The molecule has 1 saturated heterocycles. The molecule has 1 saturated carbocycles. The van der Waals surface area contributed by atoms with E-state index in [0.717, 1.165) is 48.7 Å². The summed E-state index contributed by atoms with van der Waals surface area (Å²) in [4.78, 5) is 16.8. The van der Waals surface area contributed by atoms with Crippen molar-refractivity contribution in [1.29, 1.82) is 0 Å². The van der Waals surface area contributed by atoms with E-state index in [1.807, 2.05) is 22.9 Å². The van der Waals surface area contributed by atoms with Crippen LogP contribution in [0.5, 0.6) is 0 Å². The molecule has 0 bridgehead atoms. The van der Waals surface area contributed by atoms with Gasteiger partial charge in [0.2, 0.25) is 0 Å². The highest BCUT2D eigenvalue weighted by Gasteiger charge is 2.36. The van der Waals surface area contributed by atoms with Crippen LogP contribution in [0.1, 0.15) is 36.9 Å². The minimum absolute atomic E-state index is 0.0820. The van der Waals surface area contributed by atoms with Crippen molar-refractivity contribution < 1.29 is 9.53 Å². The zero-order chi connectivity index (χ0) is 17.2. The number of rotatable bonds is 5. The monoisotopic (exact) mass is 342 g/mol. The molecule has 2 aromatic rings. The number of nitrogens with one attached hydrogen (secondary N) is 2. The van der Waals surface area contributed by atoms with Crippen molar-refractivity contribution in [2.45, 2.75) is 51.2 Å². The van der Waals surface area contributed by atoms with Gasteiger partial charge in [-0.05, 0) is 50.2 Å². The first kappa shape index (κ1) is 16.4. The molecule has 0 radical (unpaired) electrons. The lowest BCUT2D eigenvalue weighted by Gasteiger charge is -2.30. The number of urea groups is 1. The molecule has 2 N–H and O–H groups in total. The standard InChI is InChI=1S/C19H26N4O2/c1-13-3-2-9-23-12-16(21-18(13)23)6-8-20-19(24)22-15-7-10-25-17(11-15)14-4-5-14/h2-3,9,12,14-15,17H,4-8,10-11H2,1H3,(H2,20,22,24)/t15-,17-/m1/s1. The number of ether oxygens (including phenoxy) is 1. The van der Waals surface area contributed by atoms with Gasteiger partial charge < -0.3 is 19.8 Å². The lowest BCUT2D eigenvalue weighted by atomic mass is 10.0. The van der Waals surface area contributed by atoms with Gasteiger partial charge in [0.1, 0.15) is 5.65 Å². The van der Waals surface area contributed by atoms with Crippen LogP contribution in [0.25, 0.3) is 5.65 Å². The molecule has 4 rings (SSSR count). The number of aryl methyl sites for hydroxylation is 1. The molecule has 2 amide bonds. The maximum atomic E-state index is 12.1. The van der Waals surface area contributed by atoms with Crippen LogP contribution >= 0.6 is 0 Å². The second-order valence-electron chi connectivity index (χ2n) is 7.27. The average Bonchev–Trinajstić information content (AvgIpc) is 3.36. The zero-order valence-electron chi connectivity index (χ0n) is 14.7. The summed E-state index contributed by atoms with van der Waals surface area (Å²) in [7, 11) is 0. The van der Waals surface area contributed by atoms with E-state index in [4.69, 9.17) is 4.74 Å². The van der Waals surface area contributed by atoms with Crippen LogP contribution < -0.4 is 10.6 Å². The molecular weight excluding hydrogens is 316 g/mol. The van der Waals surface area contributed by atoms with E-state index in [1.165, 1.54) is 12.8 Å². The Kier molecular flexibility index (Phi) is 4.61. The molecule has 1 aliphatic carbocycles. The Morgan fingerprint density at radius 3 is 3.08 bits per heavy atom. The molecule has 3 heterocycles. The number of carbonyl (C=O) groups is 1. The number of hydrogen-bond acceptors (Lipinski definition) is 3. The van der Waals surface area contributed by atoms with Crippen LogP contribution in [0, 0.1) is 12.8 Å². The first-order chi connectivity index (χ1) is 12.2. The summed E-state index contributed by atoms with van der Waals surface area (Å²) in [5.41, 5.74) is 3.13. The Hall–Kier alpha value is -2.08. The Morgan fingerprint density at radius 2 is 2.28 bits per heavy atom. The Balaban J connectivity index is 1.23. The Bertz CT molecular complexity index is 753. The SMILES string of the molecule is Cc1cccn2cc(CCNC(=O)N[C@@H]3CCO[C@@H](C4CC4)C3)nc12. The fourth-order valence-corrected chi connectivity index (χ4v) is 3.62. The first-order valence-corrected chi connectivity index (χ1v) is 9.28. The number of amides is 2. The first-order valence-electron chi connectivity index (χ1n) is 9.28. The van der Waals surface area contributed by atoms with E-state index in [1.54, 1.807) is 0 Å². The molecule has 2 aromatic heterocycles. The fraction of sp³-hybridized carbons (Fsp3) is 0.579. The van der Waals surface area contributed by atoms with Crippen molar-refractivity contribution in [3.63, 3.8) is 0 Å². The number of imidazole rings is 1. The molecule has 134 valence electrons. The molecule has 2 aliphatic rings. The van der Waals surface area contributed by atoms with E-state index in [0.29, 0.717) is 12.6 Å². The highest BCUT2D eigenvalue weighted by molar-refractivity contribution is 5.74. The summed E-state index contributed by atoms with van der Waals surface area (Å²) in [6, 6.07) is 4.22. The maximum absolute atomic E-state index is 12.1. The van der Waals surface area contributed by atoms with Crippen molar-refractivity contribution in [2.75, 3.05) is 13.2 Å². The van der Waals surface area contributed by atoms with Crippen molar-refractivity contribution in [3.8, 4) is 0 Å². The van der Waals surface area contributed by atoms with E-state index in [-0.39, 0.29) is 12.1 Å². The van der Waals surface area contributed by atoms with Crippen LogP contribution in [0.4, 0.5) is 4.79 Å². The summed E-state index contributed by atoms with van der Waals surface area (Å²) < 4.78 is 7.84. The molecular formula is C19H26N4O2. The molecule has 1 aliphatic heterocycles. The van der Waals surface area contributed by atoms with Gasteiger partial charge in [0, 0.05) is 38.0 Å². The highest BCUT2D eigenvalue weighted by Crippen LogP contribution is 2.38. The summed E-state index contributed by atoms with van der Waals surface area (Å²) in [5, 5.41) is 6.05. The fourth-order valence-electron chi connectivity index (χ4n) is 3.62. The number of nitrogens with zero attached hydrogens (tertiary/aromatic N) is 2. The number of aromatic nitrogens is 2. The van der Waals surface area contributed by atoms with Crippen LogP contribution in [-0.4, -0.2) is 40.7 Å². The molecule has 6 nitrogen and oxygen atoms in total. The summed E-state index contributed by atoms with van der Waals surface area (Å²) >= 11 is 0. The van der Waals surface area contributed by atoms with Gasteiger partial charge in [-0.1, -0.05) is 6.07 Å². The van der Waals surface area contributed by atoms with E-state index < -0.39 is 0 Å².